The van der Waals surface area contributed by atoms with Crippen LogP contribution in [0.5, 0.6) is 5.75 Å². The Morgan fingerprint density at radius 3 is 2.81 bits per heavy atom. The molecule has 3 unspecified atom stereocenters. The van der Waals surface area contributed by atoms with Crippen molar-refractivity contribution in [2.45, 2.75) is 51.9 Å². The number of ether oxygens (including phenoxy) is 1. The molecule has 0 amide bonds. The van der Waals surface area contributed by atoms with Gasteiger partial charge >= 0.3 is 5.97 Å². The Morgan fingerprint density at radius 2 is 2.14 bits per heavy atom. The van der Waals surface area contributed by atoms with Crippen molar-refractivity contribution in [3.05, 3.63) is 29.8 Å². The molecule has 1 fully saturated rings. The highest BCUT2D eigenvalue weighted by molar-refractivity contribution is 5.71. The van der Waals surface area contributed by atoms with Crippen LogP contribution < -0.4 is 4.74 Å². The summed E-state index contributed by atoms with van der Waals surface area (Å²) in [4.78, 5) is 11.6. The van der Waals surface area contributed by atoms with Crippen molar-refractivity contribution in [1.29, 1.82) is 0 Å². The maximum atomic E-state index is 11.6. The Bertz CT molecular complexity index is 469. The first-order chi connectivity index (χ1) is 10.2. The third-order valence-corrected chi connectivity index (χ3v) is 4.57. The number of hydrogen-bond acceptors (Lipinski definition) is 2. The van der Waals surface area contributed by atoms with Crippen molar-refractivity contribution in [2.24, 2.45) is 11.8 Å². The largest absolute Gasteiger partial charge is 0.494 e. The Labute approximate surface area is 127 Å². The summed E-state index contributed by atoms with van der Waals surface area (Å²) >= 11 is 0. The molecule has 0 aliphatic heterocycles. The first-order valence-electron chi connectivity index (χ1n) is 8.11. The third kappa shape index (κ3) is 3.99. The van der Waals surface area contributed by atoms with Gasteiger partial charge in [-0.2, -0.15) is 0 Å². The summed E-state index contributed by atoms with van der Waals surface area (Å²) < 4.78 is 5.56. The zero-order valence-corrected chi connectivity index (χ0v) is 13.0. The molecule has 0 spiro atoms. The molecule has 1 N–H and O–H groups in total. The van der Waals surface area contributed by atoms with E-state index in [1.165, 1.54) is 12.8 Å². The number of carbonyl (C=O) groups is 1. The zero-order chi connectivity index (χ0) is 15.2. The maximum Gasteiger partial charge on any atom is 0.307 e. The van der Waals surface area contributed by atoms with Crippen LogP contribution in [0.25, 0.3) is 0 Å². The SMILES string of the molecule is CCCC1CCC(C(=O)O)C(c2cccc(OCC)c2)C1. The summed E-state index contributed by atoms with van der Waals surface area (Å²) in [5, 5.41) is 9.53. The van der Waals surface area contributed by atoms with E-state index in [0.29, 0.717) is 12.5 Å². The van der Waals surface area contributed by atoms with Gasteiger partial charge in [0.05, 0.1) is 12.5 Å². The predicted molar refractivity (Wildman–Crippen MR) is 83.7 cm³/mol. The normalized spacial score (nSPS) is 25.5. The fraction of sp³-hybridized carbons (Fsp3) is 0.611. The lowest BCUT2D eigenvalue weighted by Gasteiger charge is -2.34. The third-order valence-electron chi connectivity index (χ3n) is 4.57. The van der Waals surface area contributed by atoms with E-state index in [0.717, 1.165) is 30.6 Å². The van der Waals surface area contributed by atoms with Gasteiger partial charge in [-0.3, -0.25) is 4.79 Å². The predicted octanol–water partition coefficient (Wildman–Crippen LogP) is 4.47. The van der Waals surface area contributed by atoms with Gasteiger partial charge in [0, 0.05) is 0 Å². The Hall–Kier alpha value is -1.51. The summed E-state index contributed by atoms with van der Waals surface area (Å²) in [6.45, 7) is 4.80. The van der Waals surface area contributed by atoms with E-state index in [1.807, 2.05) is 25.1 Å². The zero-order valence-electron chi connectivity index (χ0n) is 13.0. The molecule has 1 aliphatic carbocycles. The van der Waals surface area contributed by atoms with Crippen LogP contribution in [0.1, 0.15) is 57.4 Å². The Balaban J connectivity index is 2.22. The molecular weight excluding hydrogens is 264 g/mol. The molecule has 0 bridgehead atoms. The molecule has 3 nitrogen and oxygen atoms in total. The molecule has 0 aromatic heterocycles. The van der Waals surface area contributed by atoms with E-state index in [1.54, 1.807) is 0 Å². The summed E-state index contributed by atoms with van der Waals surface area (Å²) in [5.74, 6) is 0.711. The number of hydrogen-bond donors (Lipinski definition) is 1. The van der Waals surface area contributed by atoms with Gasteiger partial charge in [0.25, 0.3) is 0 Å². The summed E-state index contributed by atoms with van der Waals surface area (Å²) in [6.07, 6.45) is 5.21. The van der Waals surface area contributed by atoms with Crippen molar-refractivity contribution < 1.29 is 14.6 Å². The molecule has 3 heteroatoms. The maximum absolute atomic E-state index is 11.6. The van der Waals surface area contributed by atoms with Gasteiger partial charge < -0.3 is 9.84 Å². The van der Waals surface area contributed by atoms with Crippen molar-refractivity contribution in [2.75, 3.05) is 6.61 Å². The van der Waals surface area contributed by atoms with Gasteiger partial charge in [0.2, 0.25) is 0 Å². The molecule has 0 saturated heterocycles. The van der Waals surface area contributed by atoms with Crippen LogP contribution in [0.2, 0.25) is 0 Å². The number of benzene rings is 1. The second kappa shape index (κ2) is 7.48. The van der Waals surface area contributed by atoms with Crippen molar-refractivity contribution in [3.8, 4) is 5.75 Å². The van der Waals surface area contributed by atoms with Gasteiger partial charge in [-0.15, -0.1) is 0 Å². The van der Waals surface area contributed by atoms with Crippen molar-refractivity contribution >= 4 is 5.97 Å². The quantitative estimate of drug-likeness (QED) is 0.840. The molecule has 0 radical (unpaired) electrons. The van der Waals surface area contributed by atoms with Gasteiger partial charge in [-0.1, -0.05) is 31.9 Å². The van der Waals surface area contributed by atoms with E-state index in [4.69, 9.17) is 4.74 Å². The highest BCUT2D eigenvalue weighted by atomic mass is 16.5. The van der Waals surface area contributed by atoms with E-state index < -0.39 is 5.97 Å². The first-order valence-corrected chi connectivity index (χ1v) is 8.11. The Kier molecular flexibility index (Phi) is 5.66. The lowest BCUT2D eigenvalue weighted by atomic mass is 9.70. The average Bonchev–Trinajstić information content (AvgIpc) is 2.48. The van der Waals surface area contributed by atoms with Crippen molar-refractivity contribution in [3.63, 3.8) is 0 Å². The summed E-state index contributed by atoms with van der Waals surface area (Å²) in [7, 11) is 0. The minimum atomic E-state index is -0.656. The average molecular weight is 290 g/mol. The highest BCUT2D eigenvalue weighted by Gasteiger charge is 2.35. The monoisotopic (exact) mass is 290 g/mol. The molecule has 1 aromatic rings. The topological polar surface area (TPSA) is 46.5 Å². The van der Waals surface area contributed by atoms with Crippen molar-refractivity contribution in [1.82, 2.24) is 0 Å². The van der Waals surface area contributed by atoms with Crippen LogP contribution in [0.4, 0.5) is 0 Å². The van der Waals surface area contributed by atoms with Gasteiger partial charge in [0.1, 0.15) is 5.75 Å². The smallest absolute Gasteiger partial charge is 0.307 e. The van der Waals surface area contributed by atoms with Gasteiger partial charge in [-0.25, -0.2) is 0 Å². The lowest BCUT2D eigenvalue weighted by Crippen LogP contribution is -2.29. The highest BCUT2D eigenvalue weighted by Crippen LogP contribution is 2.42. The van der Waals surface area contributed by atoms with E-state index in [9.17, 15) is 9.90 Å². The number of rotatable bonds is 6. The number of aliphatic carboxylic acids is 1. The molecule has 1 aromatic carbocycles. The van der Waals surface area contributed by atoms with Crippen LogP contribution in [0.15, 0.2) is 24.3 Å². The van der Waals surface area contributed by atoms with Gasteiger partial charge in [-0.05, 0) is 55.7 Å². The van der Waals surface area contributed by atoms with Crippen LogP contribution in [-0.2, 0) is 4.79 Å². The van der Waals surface area contributed by atoms with Crippen LogP contribution in [0, 0.1) is 11.8 Å². The fourth-order valence-corrected chi connectivity index (χ4v) is 3.59. The van der Waals surface area contributed by atoms with E-state index in [2.05, 4.69) is 13.0 Å². The van der Waals surface area contributed by atoms with Crippen LogP contribution in [-0.4, -0.2) is 17.7 Å². The number of carboxylic acid groups (broad SMARTS) is 1. The summed E-state index contributed by atoms with van der Waals surface area (Å²) in [5.41, 5.74) is 1.12. The molecule has 0 heterocycles. The van der Waals surface area contributed by atoms with Crippen LogP contribution >= 0.6 is 0 Å². The summed E-state index contributed by atoms with van der Waals surface area (Å²) in [6, 6.07) is 7.99. The minimum absolute atomic E-state index is 0.119. The first kappa shape index (κ1) is 15.9. The fourth-order valence-electron chi connectivity index (χ4n) is 3.59. The minimum Gasteiger partial charge on any atom is -0.494 e. The van der Waals surface area contributed by atoms with E-state index in [-0.39, 0.29) is 11.8 Å². The Morgan fingerprint density at radius 1 is 1.33 bits per heavy atom. The second-order valence-electron chi connectivity index (χ2n) is 6.02. The molecular formula is C18H26O3. The second-order valence-corrected chi connectivity index (χ2v) is 6.02. The van der Waals surface area contributed by atoms with Gasteiger partial charge in [0.15, 0.2) is 0 Å². The number of carboxylic acids is 1. The molecule has 3 atom stereocenters. The molecule has 116 valence electrons. The van der Waals surface area contributed by atoms with Crippen LogP contribution in [0.3, 0.4) is 0 Å². The molecule has 2 rings (SSSR count). The molecule has 1 aliphatic rings. The van der Waals surface area contributed by atoms with E-state index >= 15 is 0 Å². The molecule has 1 saturated carbocycles. The lowest BCUT2D eigenvalue weighted by molar-refractivity contribution is -0.143. The molecule has 21 heavy (non-hydrogen) atoms. The standard InChI is InChI=1S/C18H26O3/c1-3-6-13-9-10-16(18(19)20)17(11-13)14-7-5-8-15(12-14)21-4-2/h5,7-8,12-13,16-17H,3-4,6,9-11H2,1-2H3,(H,19,20).